The van der Waals surface area contributed by atoms with Crippen molar-refractivity contribution in [3.8, 4) is 0 Å². The highest BCUT2D eigenvalue weighted by Gasteiger charge is 2.31. The molecule has 31 heavy (non-hydrogen) atoms. The lowest BCUT2D eigenvalue weighted by Gasteiger charge is -2.40. The van der Waals surface area contributed by atoms with E-state index in [0.29, 0.717) is 6.04 Å². The van der Waals surface area contributed by atoms with Gasteiger partial charge in [-0.1, -0.05) is 66.2 Å². The minimum absolute atomic E-state index is 0.312. The Morgan fingerprint density at radius 1 is 0.903 bits per heavy atom. The first-order valence-corrected chi connectivity index (χ1v) is 11.6. The molecule has 1 saturated heterocycles. The van der Waals surface area contributed by atoms with Gasteiger partial charge in [-0.2, -0.15) is 0 Å². The van der Waals surface area contributed by atoms with Crippen LogP contribution in [-0.4, -0.2) is 47.5 Å². The van der Waals surface area contributed by atoms with Crippen molar-refractivity contribution in [2.24, 2.45) is 0 Å². The number of rotatable bonds is 4. The number of piperazine rings is 1. The van der Waals surface area contributed by atoms with Crippen molar-refractivity contribution in [3.63, 3.8) is 0 Å². The molecule has 0 N–H and O–H groups in total. The van der Waals surface area contributed by atoms with Gasteiger partial charge in [-0.05, 0) is 53.3 Å². The summed E-state index contributed by atoms with van der Waals surface area (Å²) in [4.78, 5) is 9.93. The van der Waals surface area contributed by atoms with E-state index in [-0.39, 0.29) is 0 Å². The molecule has 1 atom stereocenters. The zero-order chi connectivity index (χ0) is 21.0. The smallest absolute Gasteiger partial charge is 0.0623 e. The molecule has 5 rings (SSSR count). The fraction of sp³-hybridized carbons (Fsp3) is 0.296. The zero-order valence-electron chi connectivity index (χ0n) is 17.8. The van der Waals surface area contributed by atoms with Gasteiger partial charge in [0, 0.05) is 49.6 Å². The first-order valence-electron chi connectivity index (χ1n) is 11.2. The summed E-state index contributed by atoms with van der Waals surface area (Å²) < 4.78 is 0. The van der Waals surface area contributed by atoms with Crippen molar-refractivity contribution in [2.45, 2.75) is 18.9 Å². The van der Waals surface area contributed by atoms with Crippen LogP contribution in [0.2, 0.25) is 5.02 Å². The lowest BCUT2D eigenvalue weighted by atomic mass is 9.94. The van der Waals surface area contributed by atoms with Gasteiger partial charge in [-0.15, -0.1) is 0 Å². The SMILES string of the molecule is Clc1cccc(/C=C/CN2CCN(C3c4ccccc4CCc4ncccc43)CC2)c1. The van der Waals surface area contributed by atoms with E-state index < -0.39 is 0 Å². The van der Waals surface area contributed by atoms with Crippen molar-refractivity contribution >= 4 is 17.7 Å². The van der Waals surface area contributed by atoms with Gasteiger partial charge in [0.2, 0.25) is 0 Å². The van der Waals surface area contributed by atoms with Crippen LogP contribution in [-0.2, 0) is 12.8 Å². The number of aromatic nitrogens is 1. The Kier molecular flexibility index (Phi) is 6.17. The normalized spacial score (nSPS) is 19.7. The third kappa shape index (κ3) is 4.59. The number of halogens is 1. The average Bonchev–Trinajstić information content (AvgIpc) is 2.97. The Morgan fingerprint density at radius 3 is 2.61 bits per heavy atom. The summed E-state index contributed by atoms with van der Waals surface area (Å²) in [5.74, 6) is 0. The average molecular weight is 430 g/mol. The quantitative estimate of drug-likeness (QED) is 0.564. The van der Waals surface area contributed by atoms with Crippen LogP contribution in [0.3, 0.4) is 0 Å². The molecule has 3 aromatic rings. The van der Waals surface area contributed by atoms with E-state index in [4.69, 9.17) is 16.6 Å². The molecule has 0 bridgehead atoms. The minimum atomic E-state index is 0.312. The van der Waals surface area contributed by atoms with Crippen molar-refractivity contribution in [2.75, 3.05) is 32.7 Å². The molecule has 2 aliphatic rings. The number of nitrogens with zero attached hydrogens (tertiary/aromatic N) is 3. The van der Waals surface area contributed by atoms with Gasteiger partial charge in [0.25, 0.3) is 0 Å². The van der Waals surface area contributed by atoms with Crippen LogP contribution in [0.1, 0.15) is 34.0 Å². The predicted octanol–water partition coefficient (Wildman–Crippen LogP) is 5.25. The number of benzene rings is 2. The molecular formula is C27H28ClN3. The van der Waals surface area contributed by atoms with Crippen LogP contribution in [0, 0.1) is 0 Å². The fourth-order valence-electron chi connectivity index (χ4n) is 4.90. The van der Waals surface area contributed by atoms with E-state index in [2.05, 4.69) is 64.4 Å². The van der Waals surface area contributed by atoms with Crippen LogP contribution in [0.15, 0.2) is 72.9 Å². The van der Waals surface area contributed by atoms with Gasteiger partial charge in [0.15, 0.2) is 0 Å². The first-order chi connectivity index (χ1) is 15.3. The second-order valence-corrected chi connectivity index (χ2v) is 8.87. The lowest BCUT2D eigenvalue weighted by Crippen LogP contribution is -2.47. The summed E-state index contributed by atoms with van der Waals surface area (Å²) >= 11 is 6.09. The Balaban J connectivity index is 1.29. The van der Waals surface area contributed by atoms with Crippen LogP contribution in [0.25, 0.3) is 6.08 Å². The summed E-state index contributed by atoms with van der Waals surface area (Å²) in [7, 11) is 0. The highest BCUT2D eigenvalue weighted by Crippen LogP contribution is 2.36. The Hall–Kier alpha value is -2.46. The molecule has 158 valence electrons. The van der Waals surface area contributed by atoms with E-state index in [1.807, 2.05) is 24.4 Å². The Morgan fingerprint density at radius 2 is 1.74 bits per heavy atom. The first kappa shape index (κ1) is 20.4. The van der Waals surface area contributed by atoms with E-state index in [0.717, 1.165) is 56.2 Å². The summed E-state index contributed by atoms with van der Waals surface area (Å²) in [6, 6.07) is 21.7. The maximum absolute atomic E-state index is 6.09. The van der Waals surface area contributed by atoms with Gasteiger partial charge in [-0.3, -0.25) is 14.8 Å². The lowest BCUT2D eigenvalue weighted by molar-refractivity contribution is 0.117. The van der Waals surface area contributed by atoms with Crippen LogP contribution < -0.4 is 0 Å². The minimum Gasteiger partial charge on any atom is -0.297 e. The zero-order valence-corrected chi connectivity index (χ0v) is 18.5. The number of hydrogen-bond donors (Lipinski definition) is 0. The van der Waals surface area contributed by atoms with Crippen molar-refractivity contribution in [1.29, 1.82) is 0 Å². The standard InChI is InChI=1S/C27H28ClN3/c28-23-9-3-6-21(20-23)7-5-15-30-16-18-31(19-17-30)27-24-10-2-1-8-22(24)12-13-26-25(27)11-4-14-29-26/h1-11,14,20,27H,12-13,15-19H2/b7-5+. The molecule has 2 aromatic carbocycles. The van der Waals surface area contributed by atoms with Gasteiger partial charge in [0.05, 0.1) is 6.04 Å². The molecule has 0 radical (unpaired) electrons. The van der Waals surface area contributed by atoms with Crippen LogP contribution in [0.4, 0.5) is 0 Å². The Labute approximate surface area is 190 Å². The topological polar surface area (TPSA) is 19.4 Å². The molecule has 0 saturated carbocycles. The number of aryl methyl sites for hydroxylation is 2. The number of pyridine rings is 1. The van der Waals surface area contributed by atoms with Crippen LogP contribution in [0.5, 0.6) is 0 Å². The largest absolute Gasteiger partial charge is 0.297 e. The van der Waals surface area contributed by atoms with E-state index in [1.165, 1.54) is 22.4 Å². The summed E-state index contributed by atoms with van der Waals surface area (Å²) in [5.41, 5.74) is 6.74. The molecule has 1 aromatic heterocycles. The number of hydrogen-bond acceptors (Lipinski definition) is 3. The highest BCUT2D eigenvalue weighted by atomic mass is 35.5. The maximum Gasteiger partial charge on any atom is 0.0623 e. The monoisotopic (exact) mass is 429 g/mol. The van der Waals surface area contributed by atoms with E-state index >= 15 is 0 Å². The second kappa shape index (κ2) is 9.35. The van der Waals surface area contributed by atoms with Crippen LogP contribution >= 0.6 is 11.6 Å². The third-order valence-corrected chi connectivity index (χ3v) is 6.73. The molecular weight excluding hydrogens is 402 g/mol. The molecule has 2 heterocycles. The molecule has 4 heteroatoms. The predicted molar refractivity (Wildman–Crippen MR) is 128 cm³/mol. The Bertz CT molecular complexity index is 1020. The number of fused-ring (bicyclic) bond motifs is 2. The molecule has 3 nitrogen and oxygen atoms in total. The van der Waals surface area contributed by atoms with E-state index in [1.54, 1.807) is 0 Å². The molecule has 0 spiro atoms. The van der Waals surface area contributed by atoms with Gasteiger partial charge >= 0.3 is 0 Å². The third-order valence-electron chi connectivity index (χ3n) is 6.50. The van der Waals surface area contributed by atoms with E-state index in [9.17, 15) is 0 Å². The summed E-state index contributed by atoms with van der Waals surface area (Å²) in [6.45, 7) is 5.26. The fourth-order valence-corrected chi connectivity index (χ4v) is 5.10. The summed E-state index contributed by atoms with van der Waals surface area (Å²) in [5, 5.41) is 0.786. The molecule has 0 amide bonds. The summed E-state index contributed by atoms with van der Waals surface area (Å²) in [6.07, 6.45) is 8.46. The maximum atomic E-state index is 6.09. The van der Waals surface area contributed by atoms with Gasteiger partial charge < -0.3 is 0 Å². The van der Waals surface area contributed by atoms with Gasteiger partial charge in [-0.25, -0.2) is 0 Å². The molecule has 1 unspecified atom stereocenters. The van der Waals surface area contributed by atoms with Crippen molar-refractivity contribution in [1.82, 2.24) is 14.8 Å². The van der Waals surface area contributed by atoms with Crippen molar-refractivity contribution < 1.29 is 0 Å². The van der Waals surface area contributed by atoms with Gasteiger partial charge in [0.1, 0.15) is 0 Å². The second-order valence-electron chi connectivity index (χ2n) is 8.43. The molecule has 1 aliphatic heterocycles. The highest BCUT2D eigenvalue weighted by molar-refractivity contribution is 6.30. The molecule has 1 aliphatic carbocycles. The van der Waals surface area contributed by atoms with Crippen molar-refractivity contribution in [3.05, 3.63) is 106 Å². The molecule has 1 fully saturated rings.